The molecule has 2 N–H and O–H groups in total. The van der Waals surface area contributed by atoms with Crippen LogP contribution in [0.25, 0.3) is 0 Å². The highest BCUT2D eigenvalue weighted by atomic mass is 127. The van der Waals surface area contributed by atoms with Gasteiger partial charge in [-0.15, -0.1) is 24.0 Å². The predicted octanol–water partition coefficient (Wildman–Crippen LogP) is 3.15. The number of benzene rings is 1. The van der Waals surface area contributed by atoms with Crippen LogP contribution >= 0.6 is 24.0 Å². The Labute approximate surface area is 186 Å². The quantitative estimate of drug-likeness (QED) is 0.223. The van der Waals surface area contributed by atoms with E-state index < -0.39 is 0 Å². The number of aliphatic imine (C=N–C) groups is 1. The van der Waals surface area contributed by atoms with Crippen LogP contribution in [0, 0.1) is 5.92 Å². The molecule has 6 nitrogen and oxygen atoms in total. The Bertz CT molecular complexity index is 597. The molecule has 1 aromatic carbocycles. The van der Waals surface area contributed by atoms with Crippen LogP contribution in [-0.2, 0) is 22.6 Å². The van der Waals surface area contributed by atoms with Gasteiger partial charge in [-0.3, -0.25) is 9.79 Å². The Morgan fingerprint density at radius 2 is 1.79 bits per heavy atom. The largest absolute Gasteiger partial charge is 0.380 e. The summed E-state index contributed by atoms with van der Waals surface area (Å²) >= 11 is 0. The lowest BCUT2D eigenvalue weighted by Crippen LogP contribution is -2.39. The summed E-state index contributed by atoms with van der Waals surface area (Å²) in [6.45, 7) is 8.78. The van der Waals surface area contributed by atoms with E-state index >= 15 is 0 Å². The number of rotatable bonds is 10. The molecule has 28 heavy (non-hydrogen) atoms. The molecule has 0 bridgehead atoms. The number of hydrogen-bond donors (Lipinski definition) is 2. The molecular formula is C21H35IN4O2. The first-order valence-corrected chi connectivity index (χ1v) is 9.97. The molecule has 0 fully saturated rings. The van der Waals surface area contributed by atoms with E-state index in [1.54, 1.807) is 7.05 Å². The van der Waals surface area contributed by atoms with Gasteiger partial charge in [-0.25, -0.2) is 0 Å². The molecule has 2 rings (SSSR count). The number of carbonyl (C=O) groups excluding carboxylic acids is 1. The molecule has 0 unspecified atom stereocenters. The van der Waals surface area contributed by atoms with Gasteiger partial charge in [-0.2, -0.15) is 0 Å². The van der Waals surface area contributed by atoms with E-state index in [1.165, 1.54) is 11.1 Å². The summed E-state index contributed by atoms with van der Waals surface area (Å²) in [6, 6.07) is 8.27. The van der Waals surface area contributed by atoms with E-state index in [4.69, 9.17) is 4.74 Å². The van der Waals surface area contributed by atoms with E-state index in [0.29, 0.717) is 18.9 Å². The minimum absolute atomic E-state index is 0. The molecule has 0 aliphatic carbocycles. The first-order chi connectivity index (χ1) is 13.1. The summed E-state index contributed by atoms with van der Waals surface area (Å²) in [4.78, 5) is 18.5. The maximum Gasteiger partial charge on any atom is 0.223 e. The third-order valence-electron chi connectivity index (χ3n) is 4.66. The Kier molecular flexibility index (Phi) is 12.1. The van der Waals surface area contributed by atoms with Crippen LogP contribution in [0.4, 0.5) is 0 Å². The highest BCUT2D eigenvalue weighted by Gasteiger charge is 2.22. The summed E-state index contributed by atoms with van der Waals surface area (Å²) < 4.78 is 5.58. The molecular weight excluding hydrogens is 467 g/mol. The van der Waals surface area contributed by atoms with E-state index in [1.807, 2.05) is 17.0 Å². The lowest BCUT2D eigenvalue weighted by Gasteiger charge is -2.16. The van der Waals surface area contributed by atoms with Gasteiger partial charge in [0.05, 0.1) is 6.61 Å². The molecule has 1 aromatic rings. The second-order valence-electron chi connectivity index (χ2n) is 7.34. The number of guanidine groups is 1. The van der Waals surface area contributed by atoms with Crippen molar-refractivity contribution < 1.29 is 9.53 Å². The van der Waals surface area contributed by atoms with Gasteiger partial charge in [0.25, 0.3) is 0 Å². The third kappa shape index (κ3) is 8.77. The first-order valence-electron chi connectivity index (χ1n) is 9.97. The molecule has 0 saturated heterocycles. The van der Waals surface area contributed by atoms with Crippen LogP contribution in [0.2, 0.25) is 0 Å². The lowest BCUT2D eigenvalue weighted by molar-refractivity contribution is -0.131. The zero-order valence-corrected chi connectivity index (χ0v) is 19.7. The monoisotopic (exact) mass is 502 g/mol. The van der Waals surface area contributed by atoms with Gasteiger partial charge < -0.3 is 20.3 Å². The molecule has 7 heteroatoms. The zero-order valence-electron chi connectivity index (χ0n) is 17.4. The topological polar surface area (TPSA) is 66.0 Å². The molecule has 0 radical (unpaired) electrons. The second kappa shape index (κ2) is 13.8. The highest BCUT2D eigenvalue weighted by molar-refractivity contribution is 14.0. The van der Waals surface area contributed by atoms with Gasteiger partial charge >= 0.3 is 0 Å². The summed E-state index contributed by atoms with van der Waals surface area (Å²) in [5.74, 6) is 1.64. The van der Waals surface area contributed by atoms with Crippen LogP contribution in [0.1, 0.15) is 44.2 Å². The van der Waals surface area contributed by atoms with Gasteiger partial charge in [0.1, 0.15) is 0 Å². The number of nitrogens with zero attached hydrogens (tertiary/aromatic N) is 2. The van der Waals surface area contributed by atoms with Gasteiger partial charge in [-0.05, 0) is 29.9 Å². The Hall–Kier alpha value is -1.35. The molecule has 1 aliphatic heterocycles. The third-order valence-corrected chi connectivity index (χ3v) is 4.66. The lowest BCUT2D eigenvalue weighted by atomic mass is 10.1. The van der Waals surface area contributed by atoms with Crippen LogP contribution in [0.3, 0.4) is 0 Å². The van der Waals surface area contributed by atoms with Crippen molar-refractivity contribution in [3.63, 3.8) is 0 Å². The molecule has 0 atom stereocenters. The van der Waals surface area contributed by atoms with Crippen molar-refractivity contribution in [3.8, 4) is 0 Å². The first kappa shape index (κ1) is 24.7. The van der Waals surface area contributed by atoms with Crippen LogP contribution in [0.5, 0.6) is 0 Å². The van der Waals surface area contributed by atoms with E-state index in [0.717, 1.165) is 51.6 Å². The number of hydrogen-bond acceptors (Lipinski definition) is 3. The van der Waals surface area contributed by atoms with Crippen molar-refractivity contribution in [1.82, 2.24) is 15.5 Å². The van der Waals surface area contributed by atoms with Crippen molar-refractivity contribution >= 4 is 35.8 Å². The Morgan fingerprint density at radius 3 is 2.39 bits per heavy atom. The van der Waals surface area contributed by atoms with Crippen molar-refractivity contribution in [2.75, 3.05) is 33.4 Å². The molecule has 1 amide bonds. The molecule has 158 valence electrons. The molecule has 1 heterocycles. The van der Waals surface area contributed by atoms with Crippen LogP contribution in [0.15, 0.2) is 29.3 Å². The molecule has 0 aromatic heterocycles. The summed E-state index contributed by atoms with van der Waals surface area (Å²) in [7, 11) is 1.75. The van der Waals surface area contributed by atoms with Gasteiger partial charge in [-0.1, -0.05) is 38.1 Å². The fourth-order valence-electron chi connectivity index (χ4n) is 3.00. The minimum atomic E-state index is 0. The maximum atomic E-state index is 12.4. The average molecular weight is 502 g/mol. The fraction of sp³-hybridized carbons (Fsp3) is 0.619. The normalized spacial score (nSPS) is 13.3. The number of amides is 1. The number of carbonyl (C=O) groups is 1. The Balaban J connectivity index is 0.00000392. The SMILES string of the molecule is CN=C(NCCCC(=O)N1Cc2ccccc2C1)NCCOCCC(C)C.I. The number of fused-ring (bicyclic) bond motifs is 1. The summed E-state index contributed by atoms with van der Waals surface area (Å²) in [5, 5.41) is 6.49. The zero-order chi connectivity index (χ0) is 19.5. The number of halogens is 1. The van der Waals surface area contributed by atoms with E-state index in [-0.39, 0.29) is 29.9 Å². The smallest absolute Gasteiger partial charge is 0.223 e. The fourth-order valence-corrected chi connectivity index (χ4v) is 3.00. The van der Waals surface area contributed by atoms with Crippen molar-refractivity contribution in [3.05, 3.63) is 35.4 Å². The van der Waals surface area contributed by atoms with E-state index in [9.17, 15) is 4.79 Å². The molecule has 0 saturated carbocycles. The van der Waals surface area contributed by atoms with Crippen LogP contribution in [-0.4, -0.2) is 50.1 Å². The summed E-state index contributed by atoms with van der Waals surface area (Å²) in [6.07, 6.45) is 2.43. The highest BCUT2D eigenvalue weighted by Crippen LogP contribution is 2.22. The van der Waals surface area contributed by atoms with Gasteiger partial charge in [0.2, 0.25) is 5.91 Å². The van der Waals surface area contributed by atoms with Gasteiger partial charge in [0.15, 0.2) is 5.96 Å². The second-order valence-corrected chi connectivity index (χ2v) is 7.34. The Morgan fingerprint density at radius 1 is 1.14 bits per heavy atom. The number of nitrogens with one attached hydrogen (secondary N) is 2. The predicted molar refractivity (Wildman–Crippen MR) is 125 cm³/mol. The number of ether oxygens (including phenoxy) is 1. The maximum absolute atomic E-state index is 12.4. The van der Waals surface area contributed by atoms with Gasteiger partial charge in [0, 0.05) is 46.3 Å². The standard InChI is InChI=1S/C21H34N4O2.HI/c1-17(2)10-13-27-14-12-24-21(22-3)23-11-6-9-20(26)25-15-18-7-4-5-8-19(18)16-25;/h4-5,7-8,17H,6,9-16H2,1-3H3,(H2,22,23,24);1H. The minimum Gasteiger partial charge on any atom is -0.380 e. The van der Waals surface area contributed by atoms with Crippen molar-refractivity contribution in [2.45, 2.75) is 46.2 Å². The summed E-state index contributed by atoms with van der Waals surface area (Å²) in [5.41, 5.74) is 2.54. The molecule has 0 spiro atoms. The van der Waals surface area contributed by atoms with E-state index in [2.05, 4.69) is 41.6 Å². The average Bonchev–Trinajstić information content (AvgIpc) is 3.10. The van der Waals surface area contributed by atoms with Crippen LogP contribution < -0.4 is 10.6 Å². The molecule has 1 aliphatic rings. The van der Waals surface area contributed by atoms with Crippen molar-refractivity contribution in [1.29, 1.82) is 0 Å². The van der Waals surface area contributed by atoms with Crippen molar-refractivity contribution in [2.24, 2.45) is 10.9 Å².